The molecule has 2 aromatic rings. The van der Waals surface area contributed by atoms with Crippen LogP contribution in [0.5, 0.6) is 0 Å². The molecule has 90 valence electrons. The van der Waals surface area contributed by atoms with Gasteiger partial charge in [0.2, 0.25) is 0 Å². The predicted molar refractivity (Wildman–Crippen MR) is 70.0 cm³/mol. The molecule has 1 aromatic heterocycles. The van der Waals surface area contributed by atoms with Gasteiger partial charge in [-0.3, -0.25) is 0 Å². The summed E-state index contributed by atoms with van der Waals surface area (Å²) in [4.78, 5) is 4.07. The zero-order chi connectivity index (χ0) is 12.4. The van der Waals surface area contributed by atoms with E-state index in [9.17, 15) is 0 Å². The lowest BCUT2D eigenvalue weighted by molar-refractivity contribution is 0.656. The number of halogens is 1. The van der Waals surface area contributed by atoms with Crippen molar-refractivity contribution in [3.05, 3.63) is 52.6 Å². The summed E-state index contributed by atoms with van der Waals surface area (Å²) in [5.41, 5.74) is 9.41. The number of nitrogens with two attached hydrogens (primary N) is 1. The van der Waals surface area contributed by atoms with Crippen molar-refractivity contribution in [1.29, 1.82) is 0 Å². The highest BCUT2D eigenvalue weighted by Crippen LogP contribution is 2.22. The zero-order valence-corrected chi connectivity index (χ0v) is 10.8. The van der Waals surface area contributed by atoms with Crippen LogP contribution in [0.3, 0.4) is 0 Å². The van der Waals surface area contributed by atoms with E-state index in [0.29, 0.717) is 0 Å². The minimum Gasteiger partial charge on any atom is -0.336 e. The number of hydrogen-bond donors (Lipinski definition) is 1. The third-order valence-corrected chi connectivity index (χ3v) is 3.23. The highest BCUT2D eigenvalue weighted by molar-refractivity contribution is 6.31. The van der Waals surface area contributed by atoms with Crippen LogP contribution in [-0.2, 0) is 13.5 Å². The van der Waals surface area contributed by atoms with Crippen LogP contribution in [0.15, 0.2) is 30.7 Å². The van der Waals surface area contributed by atoms with Crippen molar-refractivity contribution in [2.45, 2.75) is 19.4 Å². The monoisotopic (exact) mass is 249 g/mol. The fourth-order valence-electron chi connectivity index (χ4n) is 1.88. The molecule has 17 heavy (non-hydrogen) atoms. The first-order valence-corrected chi connectivity index (χ1v) is 5.92. The topological polar surface area (TPSA) is 43.8 Å². The van der Waals surface area contributed by atoms with Crippen LogP contribution >= 0.6 is 11.6 Å². The van der Waals surface area contributed by atoms with Crippen LogP contribution in [0, 0.1) is 6.92 Å². The van der Waals surface area contributed by atoms with Gasteiger partial charge in [-0.15, -0.1) is 0 Å². The number of aromatic nitrogens is 2. The fraction of sp³-hybridized carbons (Fsp3) is 0.308. The van der Waals surface area contributed by atoms with Crippen molar-refractivity contribution in [1.82, 2.24) is 9.55 Å². The highest BCUT2D eigenvalue weighted by atomic mass is 35.5. The first-order chi connectivity index (χ1) is 8.08. The minimum atomic E-state index is -0.0808. The third-order valence-electron chi connectivity index (χ3n) is 2.88. The number of imidazole rings is 1. The summed E-state index contributed by atoms with van der Waals surface area (Å²) in [6, 6.07) is 5.97. The normalized spacial score (nSPS) is 12.7. The van der Waals surface area contributed by atoms with Gasteiger partial charge in [-0.05, 0) is 30.5 Å². The number of hydrogen-bond acceptors (Lipinski definition) is 2. The Bertz CT molecular complexity index is 519. The van der Waals surface area contributed by atoms with E-state index in [1.165, 1.54) is 0 Å². The molecule has 0 aliphatic heterocycles. The van der Waals surface area contributed by atoms with Gasteiger partial charge in [0.1, 0.15) is 0 Å². The smallest absolute Gasteiger partial charge is 0.0946 e. The fourth-order valence-corrected chi connectivity index (χ4v) is 2.20. The zero-order valence-electron chi connectivity index (χ0n) is 10.0. The lowest BCUT2D eigenvalue weighted by Gasteiger charge is -2.13. The van der Waals surface area contributed by atoms with Crippen LogP contribution in [0.25, 0.3) is 0 Å². The van der Waals surface area contributed by atoms with Gasteiger partial charge in [-0.25, -0.2) is 4.98 Å². The van der Waals surface area contributed by atoms with Crippen molar-refractivity contribution in [3.8, 4) is 0 Å². The highest BCUT2D eigenvalue weighted by Gasteiger charge is 2.12. The molecule has 4 heteroatoms. The molecular formula is C13H16ClN3. The van der Waals surface area contributed by atoms with Gasteiger partial charge < -0.3 is 10.3 Å². The predicted octanol–water partition coefficient (Wildman–Crippen LogP) is 2.62. The van der Waals surface area contributed by atoms with Gasteiger partial charge in [-0.2, -0.15) is 0 Å². The molecule has 1 heterocycles. The Kier molecular flexibility index (Phi) is 3.50. The van der Waals surface area contributed by atoms with E-state index < -0.39 is 0 Å². The lowest BCUT2D eigenvalue weighted by atomic mass is 10.0. The number of rotatable bonds is 3. The molecule has 0 aliphatic rings. The van der Waals surface area contributed by atoms with Gasteiger partial charge in [0.05, 0.1) is 18.1 Å². The van der Waals surface area contributed by atoms with Crippen LogP contribution in [0.4, 0.5) is 0 Å². The second kappa shape index (κ2) is 4.90. The van der Waals surface area contributed by atoms with Crippen LogP contribution in [0.2, 0.25) is 5.02 Å². The second-order valence-corrected chi connectivity index (χ2v) is 4.74. The van der Waals surface area contributed by atoms with Gasteiger partial charge in [0.15, 0.2) is 0 Å². The average Bonchev–Trinajstić information content (AvgIpc) is 2.68. The molecule has 1 atom stereocenters. The number of nitrogens with zero attached hydrogens (tertiary/aromatic N) is 2. The Labute approximate surface area is 106 Å². The summed E-state index contributed by atoms with van der Waals surface area (Å²) in [6.07, 6.45) is 4.28. The first-order valence-electron chi connectivity index (χ1n) is 5.54. The molecule has 2 rings (SSSR count). The molecule has 0 saturated carbocycles. The quantitative estimate of drug-likeness (QED) is 0.909. The summed E-state index contributed by atoms with van der Waals surface area (Å²) in [7, 11) is 1.94. The van der Waals surface area contributed by atoms with E-state index in [2.05, 4.69) is 11.1 Å². The lowest BCUT2D eigenvalue weighted by Crippen LogP contribution is -2.16. The van der Waals surface area contributed by atoms with E-state index >= 15 is 0 Å². The standard InChI is InChI=1S/C13H16ClN3/c1-9-3-4-10(11(14)5-9)6-12(15)13-7-16-8-17(13)2/h3-5,7-8,12H,6,15H2,1-2H3. The molecule has 0 radical (unpaired) electrons. The van der Waals surface area contributed by atoms with Gasteiger partial charge >= 0.3 is 0 Å². The molecule has 0 fully saturated rings. The first kappa shape index (κ1) is 12.1. The molecule has 3 nitrogen and oxygen atoms in total. The number of aryl methyl sites for hydroxylation is 2. The van der Waals surface area contributed by atoms with Gasteiger partial charge in [0, 0.05) is 18.3 Å². The molecule has 2 N–H and O–H groups in total. The molecule has 0 bridgehead atoms. The largest absolute Gasteiger partial charge is 0.336 e. The third kappa shape index (κ3) is 2.68. The van der Waals surface area contributed by atoms with Gasteiger partial charge in [-0.1, -0.05) is 23.7 Å². The average molecular weight is 250 g/mol. The van der Waals surface area contributed by atoms with E-state index in [1.54, 1.807) is 12.5 Å². The van der Waals surface area contributed by atoms with Crippen molar-refractivity contribution >= 4 is 11.6 Å². The molecule has 0 amide bonds. The Hall–Kier alpha value is -1.32. The van der Waals surface area contributed by atoms with Crippen LogP contribution in [0.1, 0.15) is 22.9 Å². The minimum absolute atomic E-state index is 0.0808. The Balaban J connectivity index is 2.19. The Morgan fingerprint density at radius 3 is 2.82 bits per heavy atom. The van der Waals surface area contributed by atoms with E-state index in [1.807, 2.05) is 30.7 Å². The molecule has 0 spiro atoms. The summed E-state index contributed by atoms with van der Waals surface area (Å²) in [5.74, 6) is 0. The molecule has 1 aromatic carbocycles. The van der Waals surface area contributed by atoms with Crippen LogP contribution in [-0.4, -0.2) is 9.55 Å². The van der Waals surface area contributed by atoms with Crippen LogP contribution < -0.4 is 5.73 Å². The van der Waals surface area contributed by atoms with Crippen molar-refractivity contribution < 1.29 is 0 Å². The summed E-state index contributed by atoms with van der Waals surface area (Å²) >= 11 is 6.20. The van der Waals surface area contributed by atoms with Crippen molar-refractivity contribution in [2.75, 3.05) is 0 Å². The SMILES string of the molecule is Cc1ccc(CC(N)c2cncn2C)c(Cl)c1. The molecule has 1 unspecified atom stereocenters. The summed E-state index contributed by atoms with van der Waals surface area (Å²) in [6.45, 7) is 2.02. The maximum absolute atomic E-state index is 6.20. The maximum Gasteiger partial charge on any atom is 0.0946 e. The van der Waals surface area contributed by atoms with Gasteiger partial charge in [0.25, 0.3) is 0 Å². The van der Waals surface area contributed by atoms with E-state index in [0.717, 1.165) is 28.3 Å². The Morgan fingerprint density at radius 1 is 1.47 bits per heavy atom. The molecule has 0 saturated heterocycles. The molecular weight excluding hydrogens is 234 g/mol. The van der Waals surface area contributed by atoms with E-state index in [-0.39, 0.29) is 6.04 Å². The molecule has 0 aliphatic carbocycles. The van der Waals surface area contributed by atoms with Crippen molar-refractivity contribution in [2.24, 2.45) is 12.8 Å². The van der Waals surface area contributed by atoms with Crippen molar-refractivity contribution in [3.63, 3.8) is 0 Å². The number of benzene rings is 1. The maximum atomic E-state index is 6.20. The second-order valence-electron chi connectivity index (χ2n) is 4.33. The summed E-state index contributed by atoms with van der Waals surface area (Å²) < 4.78 is 1.94. The van der Waals surface area contributed by atoms with E-state index in [4.69, 9.17) is 17.3 Å². The summed E-state index contributed by atoms with van der Waals surface area (Å²) in [5, 5.41) is 0.780. The Morgan fingerprint density at radius 2 is 2.24 bits per heavy atom.